The van der Waals surface area contributed by atoms with Crippen molar-refractivity contribution < 1.29 is 21.6 Å². The molecule has 2 aromatic carbocycles. The van der Waals surface area contributed by atoms with Gasteiger partial charge in [-0.15, -0.1) is 0 Å². The van der Waals surface area contributed by atoms with E-state index in [-0.39, 0.29) is 35.3 Å². The van der Waals surface area contributed by atoms with E-state index in [9.17, 15) is 26.4 Å². The van der Waals surface area contributed by atoms with Gasteiger partial charge in [-0.2, -0.15) is 13.2 Å². The highest BCUT2D eigenvalue weighted by atomic mass is 32.2. The van der Waals surface area contributed by atoms with Gasteiger partial charge in [0.15, 0.2) is 9.84 Å². The first-order chi connectivity index (χ1) is 17.8. The predicted molar refractivity (Wildman–Crippen MR) is 145 cm³/mol. The maximum atomic E-state index is 13.4. The molecular weight excluding hydrogens is 517 g/mol. The van der Waals surface area contributed by atoms with Crippen molar-refractivity contribution in [1.29, 1.82) is 0 Å². The van der Waals surface area contributed by atoms with Gasteiger partial charge in [-0.05, 0) is 54.6 Å². The second-order valence-corrected chi connectivity index (χ2v) is 12.1. The van der Waals surface area contributed by atoms with E-state index in [1.807, 2.05) is 36.9 Å². The molecule has 4 rings (SSSR count). The minimum Gasteiger partial charge on any atom is -0.377 e. The van der Waals surface area contributed by atoms with Crippen LogP contribution in [0.25, 0.3) is 10.8 Å². The van der Waals surface area contributed by atoms with Crippen LogP contribution >= 0.6 is 0 Å². The number of hydrogen-bond donors (Lipinski definition) is 1. The van der Waals surface area contributed by atoms with Gasteiger partial charge in [0, 0.05) is 44.7 Å². The third kappa shape index (κ3) is 5.83. The minimum atomic E-state index is -4.25. The summed E-state index contributed by atoms with van der Waals surface area (Å²) in [6.07, 6.45) is -4.25. The Kier molecular flexibility index (Phi) is 7.81. The summed E-state index contributed by atoms with van der Waals surface area (Å²) >= 11 is 0. The standard InChI is InChI=1S/C27H33F3N4O3S/c1-5-38(36,37)24-9-7-6-8-23(24)31-19(3)20-14-18(2)15-22-21(20)16-25(32(4)26(22)35)34-12-10-33(11-13-34)17-27(28,29)30/h6-9,14-16,19,31H,5,10-13,17H2,1-4H3/t19-/m1/s1. The van der Waals surface area contributed by atoms with E-state index in [1.165, 1.54) is 4.90 Å². The number of fused-ring (bicyclic) bond motifs is 1. The van der Waals surface area contributed by atoms with Gasteiger partial charge in [0.2, 0.25) is 0 Å². The topological polar surface area (TPSA) is 74.6 Å². The Morgan fingerprint density at radius 1 is 1.03 bits per heavy atom. The van der Waals surface area contributed by atoms with Crippen LogP contribution in [-0.4, -0.2) is 62.5 Å². The summed E-state index contributed by atoms with van der Waals surface area (Å²) in [5.41, 5.74) is 2.02. The number of para-hydroxylation sites is 1. The molecule has 0 aliphatic carbocycles. The lowest BCUT2D eigenvalue weighted by molar-refractivity contribution is -0.146. The first kappa shape index (κ1) is 28.0. The number of alkyl halides is 3. The fourth-order valence-electron chi connectivity index (χ4n) is 5.05. The molecule has 1 fully saturated rings. The molecule has 7 nitrogen and oxygen atoms in total. The number of hydrogen-bond acceptors (Lipinski definition) is 6. The highest BCUT2D eigenvalue weighted by Crippen LogP contribution is 2.32. The lowest BCUT2D eigenvalue weighted by Gasteiger charge is -2.37. The zero-order valence-corrected chi connectivity index (χ0v) is 22.8. The van der Waals surface area contributed by atoms with Gasteiger partial charge in [-0.3, -0.25) is 14.3 Å². The van der Waals surface area contributed by atoms with E-state index in [4.69, 9.17) is 0 Å². The van der Waals surface area contributed by atoms with Gasteiger partial charge in [0.1, 0.15) is 5.82 Å². The first-order valence-electron chi connectivity index (χ1n) is 12.6. The zero-order chi connectivity index (χ0) is 27.8. The van der Waals surface area contributed by atoms with Crippen molar-refractivity contribution in [3.8, 4) is 0 Å². The Morgan fingerprint density at radius 3 is 2.32 bits per heavy atom. The van der Waals surface area contributed by atoms with E-state index in [0.29, 0.717) is 30.0 Å². The van der Waals surface area contributed by atoms with Crippen LogP contribution in [0.15, 0.2) is 52.2 Å². The molecule has 0 amide bonds. The number of piperazine rings is 1. The maximum Gasteiger partial charge on any atom is 0.401 e. The first-order valence-corrected chi connectivity index (χ1v) is 14.2. The largest absolute Gasteiger partial charge is 0.401 e. The summed E-state index contributed by atoms with van der Waals surface area (Å²) in [7, 11) is -1.78. The molecule has 1 saturated heterocycles. The molecule has 1 N–H and O–H groups in total. The summed E-state index contributed by atoms with van der Waals surface area (Å²) in [6.45, 7) is 5.69. The molecule has 0 bridgehead atoms. The van der Waals surface area contributed by atoms with Crippen molar-refractivity contribution in [2.75, 3.05) is 48.7 Å². The predicted octanol–water partition coefficient (Wildman–Crippen LogP) is 4.50. The van der Waals surface area contributed by atoms with E-state index < -0.39 is 22.6 Å². The van der Waals surface area contributed by atoms with Crippen molar-refractivity contribution in [3.05, 3.63) is 63.9 Å². The van der Waals surface area contributed by atoms with Crippen LogP contribution in [0.3, 0.4) is 0 Å². The summed E-state index contributed by atoms with van der Waals surface area (Å²) in [5.74, 6) is 0.615. The fraction of sp³-hybridized carbons (Fsp3) is 0.444. The summed E-state index contributed by atoms with van der Waals surface area (Å²) in [6, 6.07) is 12.1. The zero-order valence-electron chi connectivity index (χ0n) is 22.0. The SMILES string of the molecule is CCS(=O)(=O)c1ccccc1N[C@H](C)c1cc(C)cc2c(=O)n(C)c(N3CCN(CC(F)(F)F)CC3)cc12. The van der Waals surface area contributed by atoms with Crippen molar-refractivity contribution in [2.45, 2.75) is 37.9 Å². The summed E-state index contributed by atoms with van der Waals surface area (Å²) in [4.78, 5) is 17.0. The average molecular weight is 551 g/mol. The molecule has 1 atom stereocenters. The number of aromatic nitrogens is 1. The molecule has 1 aliphatic heterocycles. The highest BCUT2D eigenvalue weighted by Gasteiger charge is 2.32. The molecule has 2 heterocycles. The van der Waals surface area contributed by atoms with E-state index in [2.05, 4.69) is 5.32 Å². The Labute approximate surface area is 220 Å². The molecule has 0 spiro atoms. The van der Waals surface area contributed by atoms with Crippen LogP contribution in [0.2, 0.25) is 0 Å². The Balaban J connectivity index is 1.72. The minimum absolute atomic E-state index is 0.0247. The molecule has 1 aliphatic rings. The normalized spacial score (nSPS) is 16.1. The smallest absolute Gasteiger partial charge is 0.377 e. The number of anilines is 2. The van der Waals surface area contributed by atoms with Crippen LogP contribution in [0.4, 0.5) is 24.7 Å². The molecular formula is C27H33F3N4O3S. The molecule has 38 heavy (non-hydrogen) atoms. The molecule has 1 aromatic heterocycles. The quantitative estimate of drug-likeness (QED) is 0.467. The Hall–Kier alpha value is -3.05. The van der Waals surface area contributed by atoms with Crippen LogP contribution < -0.4 is 15.8 Å². The number of nitrogens with zero attached hydrogens (tertiary/aromatic N) is 3. The molecule has 0 unspecified atom stereocenters. The van der Waals surface area contributed by atoms with Gasteiger partial charge >= 0.3 is 6.18 Å². The molecule has 11 heteroatoms. The highest BCUT2D eigenvalue weighted by molar-refractivity contribution is 7.91. The van der Waals surface area contributed by atoms with Crippen LogP contribution in [-0.2, 0) is 16.9 Å². The van der Waals surface area contributed by atoms with Crippen molar-refractivity contribution >= 4 is 32.1 Å². The van der Waals surface area contributed by atoms with Crippen molar-refractivity contribution in [3.63, 3.8) is 0 Å². The van der Waals surface area contributed by atoms with Crippen LogP contribution in [0.5, 0.6) is 0 Å². The lowest BCUT2D eigenvalue weighted by atomic mass is 9.97. The van der Waals surface area contributed by atoms with Gasteiger partial charge in [-0.25, -0.2) is 8.42 Å². The number of nitrogens with one attached hydrogen (secondary N) is 1. The second-order valence-electron chi connectivity index (χ2n) is 9.83. The van der Waals surface area contributed by atoms with E-state index >= 15 is 0 Å². The van der Waals surface area contributed by atoms with Gasteiger partial charge < -0.3 is 10.2 Å². The molecule has 0 saturated carbocycles. The molecule has 206 valence electrons. The Morgan fingerprint density at radius 2 is 1.68 bits per heavy atom. The summed E-state index contributed by atoms with van der Waals surface area (Å²) < 4.78 is 65.3. The third-order valence-corrected chi connectivity index (χ3v) is 8.83. The van der Waals surface area contributed by atoms with E-state index in [0.717, 1.165) is 16.5 Å². The Bertz CT molecular complexity index is 1490. The van der Waals surface area contributed by atoms with Gasteiger partial charge in [0.25, 0.3) is 5.56 Å². The number of rotatable bonds is 7. The third-order valence-electron chi connectivity index (χ3n) is 7.05. The second kappa shape index (κ2) is 10.6. The van der Waals surface area contributed by atoms with Crippen molar-refractivity contribution in [2.24, 2.45) is 7.05 Å². The van der Waals surface area contributed by atoms with Crippen LogP contribution in [0, 0.1) is 6.92 Å². The number of sulfone groups is 1. The lowest BCUT2D eigenvalue weighted by Crippen LogP contribution is -2.50. The monoisotopic (exact) mass is 550 g/mol. The van der Waals surface area contributed by atoms with Gasteiger partial charge in [0.05, 0.1) is 22.9 Å². The summed E-state index contributed by atoms with van der Waals surface area (Å²) in [5, 5.41) is 4.59. The van der Waals surface area contributed by atoms with Crippen molar-refractivity contribution in [1.82, 2.24) is 9.47 Å². The fourth-order valence-corrected chi connectivity index (χ4v) is 6.11. The number of pyridine rings is 1. The molecule has 3 aromatic rings. The van der Waals surface area contributed by atoms with Crippen LogP contribution in [0.1, 0.15) is 31.0 Å². The molecule has 0 radical (unpaired) electrons. The average Bonchev–Trinajstić information content (AvgIpc) is 2.86. The van der Waals surface area contributed by atoms with Gasteiger partial charge in [-0.1, -0.05) is 25.1 Å². The number of benzene rings is 2. The number of aryl methyl sites for hydroxylation is 1. The maximum absolute atomic E-state index is 13.4. The van der Waals surface area contributed by atoms with E-state index in [1.54, 1.807) is 42.8 Å². The number of halogens is 3.